The normalized spacial score (nSPS) is 13.2. The molecule has 0 radical (unpaired) electrons. The van der Waals surface area contributed by atoms with E-state index in [9.17, 15) is 31.0 Å². The minimum atomic E-state index is -4.74. The molecule has 0 atom stereocenters. The van der Waals surface area contributed by atoms with Crippen LogP contribution < -0.4 is 5.73 Å². The first-order chi connectivity index (χ1) is 12.0. The summed E-state index contributed by atoms with van der Waals surface area (Å²) in [5.41, 5.74) is 5.97. The molecule has 0 bridgehead atoms. The molecule has 10 heteroatoms. The highest BCUT2D eigenvalue weighted by Crippen LogP contribution is 2.44. The van der Waals surface area contributed by atoms with E-state index in [1.54, 1.807) is 6.07 Å². The van der Waals surface area contributed by atoms with Crippen LogP contribution in [0, 0.1) is 0 Å². The van der Waals surface area contributed by atoms with Gasteiger partial charge in [-0.25, -0.2) is 0 Å². The van der Waals surface area contributed by atoms with Crippen LogP contribution in [-0.4, -0.2) is 31.0 Å². The minimum absolute atomic E-state index is 0.0521. The summed E-state index contributed by atoms with van der Waals surface area (Å²) in [6.07, 6.45) is 0. The molecule has 0 aromatic heterocycles. The highest BCUT2D eigenvalue weighted by molar-refractivity contribution is 7.86. The molecule has 0 fully saturated rings. The molecular weight excluding hydrogens is 382 g/mol. The van der Waals surface area contributed by atoms with Gasteiger partial charge in [-0.1, -0.05) is 6.07 Å². The molecule has 0 aliphatic rings. The van der Waals surface area contributed by atoms with E-state index in [1.807, 2.05) is 0 Å². The van der Waals surface area contributed by atoms with E-state index >= 15 is 0 Å². The van der Waals surface area contributed by atoms with E-state index in [1.165, 1.54) is 18.2 Å². The van der Waals surface area contributed by atoms with E-state index in [0.29, 0.717) is 5.39 Å². The summed E-state index contributed by atoms with van der Waals surface area (Å²) < 4.78 is 66.5. The summed E-state index contributed by atoms with van der Waals surface area (Å²) in [7, 11) is -9.47. The van der Waals surface area contributed by atoms with E-state index < -0.39 is 30.0 Å². The summed E-state index contributed by atoms with van der Waals surface area (Å²) >= 11 is 0. The monoisotopic (exact) mass is 393 g/mol. The summed E-state index contributed by atoms with van der Waals surface area (Å²) in [5.74, 6) is -0.163. The van der Waals surface area contributed by atoms with E-state index in [0.717, 1.165) is 12.1 Å². The van der Waals surface area contributed by atoms with Crippen molar-refractivity contribution < 1.29 is 31.0 Å². The number of aromatic hydroxyl groups is 1. The second-order valence-electron chi connectivity index (χ2n) is 5.88. The van der Waals surface area contributed by atoms with Crippen LogP contribution in [0.5, 0.6) is 5.75 Å². The van der Waals surface area contributed by atoms with Crippen molar-refractivity contribution in [3.63, 3.8) is 0 Å². The van der Waals surface area contributed by atoms with Gasteiger partial charge in [0.2, 0.25) is 0 Å². The molecule has 0 spiro atoms. The fourth-order valence-corrected chi connectivity index (χ4v) is 4.79. The Balaban J connectivity index is 2.49. The van der Waals surface area contributed by atoms with Crippen molar-refractivity contribution in [3.8, 4) is 5.75 Å². The molecule has 0 unspecified atom stereocenters. The highest BCUT2D eigenvalue weighted by atomic mass is 32.2. The van der Waals surface area contributed by atoms with Crippen molar-refractivity contribution in [2.75, 3.05) is 5.73 Å². The zero-order valence-corrected chi connectivity index (χ0v) is 14.5. The lowest BCUT2D eigenvalue weighted by Crippen LogP contribution is -2.05. The Kier molecular flexibility index (Phi) is 3.20. The Morgan fingerprint density at radius 2 is 1.19 bits per heavy atom. The van der Waals surface area contributed by atoms with Crippen LogP contribution in [0.15, 0.2) is 46.2 Å². The Hall–Kier alpha value is -2.66. The SMILES string of the molecule is Nc1cc(S(=O)(=O)O)c2cc(S(=O)(=O)O)c3ccc(O)c4ccc1c2c43. The number of hydrogen-bond donors (Lipinski definition) is 4. The van der Waals surface area contributed by atoms with Crippen LogP contribution in [-0.2, 0) is 20.2 Å². The number of anilines is 1. The molecule has 4 aromatic carbocycles. The number of benzene rings is 4. The Labute approximate surface area is 147 Å². The van der Waals surface area contributed by atoms with Gasteiger partial charge in [-0.05, 0) is 30.3 Å². The largest absolute Gasteiger partial charge is 0.507 e. The number of phenols is 1. The van der Waals surface area contributed by atoms with Crippen LogP contribution in [0.2, 0.25) is 0 Å². The maximum absolute atomic E-state index is 11.9. The molecule has 5 N–H and O–H groups in total. The van der Waals surface area contributed by atoms with Crippen LogP contribution in [0.1, 0.15) is 0 Å². The maximum atomic E-state index is 11.9. The van der Waals surface area contributed by atoms with Gasteiger partial charge in [0.1, 0.15) is 15.5 Å². The fraction of sp³-hybridized carbons (Fsp3) is 0. The van der Waals surface area contributed by atoms with Gasteiger partial charge < -0.3 is 10.8 Å². The number of nitrogen functional groups attached to an aromatic ring is 1. The lowest BCUT2D eigenvalue weighted by molar-refractivity contribution is 0.480. The summed E-state index contributed by atoms with van der Waals surface area (Å²) in [4.78, 5) is -1.14. The predicted molar refractivity (Wildman–Crippen MR) is 95.9 cm³/mol. The topological polar surface area (TPSA) is 155 Å². The number of hydrogen-bond acceptors (Lipinski definition) is 6. The summed E-state index contributed by atoms with van der Waals surface area (Å²) in [6, 6.07) is 7.62. The van der Waals surface area contributed by atoms with Gasteiger partial charge in [-0.3, -0.25) is 9.11 Å². The molecule has 4 aromatic rings. The van der Waals surface area contributed by atoms with Gasteiger partial charge in [-0.15, -0.1) is 0 Å². The third kappa shape index (κ3) is 2.20. The van der Waals surface area contributed by atoms with Crippen LogP contribution in [0.4, 0.5) is 5.69 Å². The molecular formula is C16H11NO7S2. The Bertz CT molecular complexity index is 1430. The summed E-state index contributed by atoms with van der Waals surface area (Å²) in [6.45, 7) is 0. The second kappa shape index (κ2) is 4.95. The van der Waals surface area contributed by atoms with E-state index in [-0.39, 0.29) is 38.4 Å². The first kappa shape index (κ1) is 16.8. The van der Waals surface area contributed by atoms with Crippen molar-refractivity contribution in [2.24, 2.45) is 0 Å². The Morgan fingerprint density at radius 3 is 1.81 bits per heavy atom. The third-order valence-electron chi connectivity index (χ3n) is 4.39. The molecule has 0 heterocycles. The van der Waals surface area contributed by atoms with Gasteiger partial charge in [0.25, 0.3) is 20.2 Å². The second-order valence-corrected chi connectivity index (χ2v) is 8.66. The van der Waals surface area contributed by atoms with Crippen LogP contribution >= 0.6 is 0 Å². The van der Waals surface area contributed by atoms with Gasteiger partial charge >= 0.3 is 0 Å². The molecule has 134 valence electrons. The van der Waals surface area contributed by atoms with Gasteiger partial charge in [0, 0.05) is 38.0 Å². The van der Waals surface area contributed by atoms with Gasteiger partial charge in [0.05, 0.1) is 0 Å². The lowest BCUT2D eigenvalue weighted by Gasteiger charge is -2.17. The first-order valence-corrected chi connectivity index (χ1v) is 10.1. The van der Waals surface area contributed by atoms with Crippen molar-refractivity contribution >= 4 is 58.2 Å². The molecule has 26 heavy (non-hydrogen) atoms. The highest BCUT2D eigenvalue weighted by Gasteiger charge is 2.25. The number of phenolic OH excluding ortho intramolecular Hbond substituents is 1. The molecule has 8 nitrogen and oxygen atoms in total. The van der Waals surface area contributed by atoms with Crippen molar-refractivity contribution in [2.45, 2.75) is 9.79 Å². The molecule has 0 aliphatic carbocycles. The van der Waals surface area contributed by atoms with Crippen molar-refractivity contribution in [1.82, 2.24) is 0 Å². The first-order valence-electron chi connectivity index (χ1n) is 7.18. The number of nitrogens with two attached hydrogens (primary N) is 1. The summed E-state index contributed by atoms with van der Waals surface area (Å²) in [5, 5.41) is 11.2. The molecule has 0 saturated carbocycles. The zero-order chi connectivity index (χ0) is 19.0. The van der Waals surface area contributed by atoms with E-state index in [4.69, 9.17) is 5.73 Å². The standard InChI is InChI=1S/C16H11NO7S2/c17-11-6-14(26(22,23)24)10-5-13(25(19,20)21)9-3-4-12(18)8-2-1-7(11)15(10)16(8)9/h1-6,18H,17H2,(H,19,20,21)(H,22,23,24). The molecule has 4 rings (SSSR count). The van der Waals surface area contributed by atoms with Gasteiger partial charge in [0.15, 0.2) is 0 Å². The molecule has 0 saturated heterocycles. The zero-order valence-electron chi connectivity index (χ0n) is 12.8. The molecule has 0 amide bonds. The smallest absolute Gasteiger partial charge is 0.295 e. The van der Waals surface area contributed by atoms with E-state index in [2.05, 4.69) is 0 Å². The fourth-order valence-electron chi connectivity index (χ4n) is 3.36. The minimum Gasteiger partial charge on any atom is -0.507 e. The average molecular weight is 393 g/mol. The van der Waals surface area contributed by atoms with Gasteiger partial charge in [-0.2, -0.15) is 16.8 Å². The Morgan fingerprint density at radius 1 is 0.692 bits per heavy atom. The predicted octanol–water partition coefficient (Wildman–Crippen LogP) is 2.37. The maximum Gasteiger partial charge on any atom is 0.295 e. The average Bonchev–Trinajstić information content (AvgIpc) is 2.53. The lowest BCUT2D eigenvalue weighted by atomic mass is 9.93. The van der Waals surface area contributed by atoms with Crippen LogP contribution in [0.3, 0.4) is 0 Å². The third-order valence-corrected chi connectivity index (χ3v) is 6.17. The van der Waals surface area contributed by atoms with Crippen molar-refractivity contribution in [3.05, 3.63) is 36.4 Å². The van der Waals surface area contributed by atoms with Crippen LogP contribution in [0.25, 0.3) is 32.3 Å². The number of rotatable bonds is 2. The molecule has 0 aliphatic heterocycles. The van der Waals surface area contributed by atoms with Crippen molar-refractivity contribution in [1.29, 1.82) is 0 Å². The quantitative estimate of drug-likeness (QED) is 0.230.